The second-order valence-corrected chi connectivity index (χ2v) is 6.54. The van der Waals surface area contributed by atoms with Crippen molar-refractivity contribution in [3.8, 4) is 0 Å². The summed E-state index contributed by atoms with van der Waals surface area (Å²) in [5.41, 5.74) is 3.30. The molecular weight excluding hydrogens is 386 g/mol. The summed E-state index contributed by atoms with van der Waals surface area (Å²) in [7, 11) is 0. The van der Waals surface area contributed by atoms with Crippen LogP contribution in [-0.2, 0) is 4.74 Å². The summed E-state index contributed by atoms with van der Waals surface area (Å²) in [4.78, 5) is 31.1. The number of rotatable bonds is 7. The first-order valence-electron chi connectivity index (χ1n) is 9.27. The minimum Gasteiger partial charge on any atom is -0.462 e. The van der Waals surface area contributed by atoms with Crippen LogP contribution in [0.1, 0.15) is 28.4 Å². The quantitative estimate of drug-likeness (QED) is 0.329. The van der Waals surface area contributed by atoms with Crippen molar-refractivity contribution < 1.29 is 14.5 Å². The van der Waals surface area contributed by atoms with Crippen LogP contribution < -0.4 is 10.6 Å². The highest BCUT2D eigenvalue weighted by Crippen LogP contribution is 2.33. The van der Waals surface area contributed by atoms with Gasteiger partial charge in [0.1, 0.15) is 6.33 Å². The third-order valence-corrected chi connectivity index (χ3v) is 4.31. The Kier molecular flexibility index (Phi) is 6.21. The fourth-order valence-corrected chi connectivity index (χ4v) is 2.77. The van der Waals surface area contributed by atoms with Crippen molar-refractivity contribution in [1.82, 2.24) is 9.97 Å². The Morgan fingerprint density at radius 3 is 2.37 bits per heavy atom. The number of esters is 1. The molecule has 0 fully saturated rings. The van der Waals surface area contributed by atoms with Crippen LogP contribution in [0.4, 0.5) is 28.7 Å². The molecule has 9 heteroatoms. The van der Waals surface area contributed by atoms with Crippen molar-refractivity contribution in [3.05, 3.63) is 75.6 Å². The third kappa shape index (κ3) is 4.69. The highest BCUT2D eigenvalue weighted by atomic mass is 16.6. The van der Waals surface area contributed by atoms with Crippen LogP contribution in [0.5, 0.6) is 0 Å². The van der Waals surface area contributed by atoms with E-state index in [-0.39, 0.29) is 23.9 Å². The van der Waals surface area contributed by atoms with Crippen molar-refractivity contribution in [3.63, 3.8) is 0 Å². The van der Waals surface area contributed by atoms with Gasteiger partial charge in [0.15, 0.2) is 0 Å². The molecule has 30 heavy (non-hydrogen) atoms. The summed E-state index contributed by atoms with van der Waals surface area (Å²) in [5, 5.41) is 17.7. The molecule has 1 aromatic heterocycles. The number of anilines is 4. The third-order valence-electron chi connectivity index (χ3n) is 4.31. The van der Waals surface area contributed by atoms with E-state index < -0.39 is 10.9 Å². The lowest BCUT2D eigenvalue weighted by Gasteiger charge is -2.12. The fraction of sp³-hybridized carbons (Fsp3) is 0.190. The van der Waals surface area contributed by atoms with Crippen LogP contribution in [0.3, 0.4) is 0 Å². The number of benzene rings is 2. The second kappa shape index (κ2) is 8.99. The van der Waals surface area contributed by atoms with E-state index in [0.29, 0.717) is 11.3 Å². The molecule has 3 aromatic rings. The maximum atomic E-state index is 11.8. The molecule has 154 valence electrons. The first-order chi connectivity index (χ1) is 14.4. The van der Waals surface area contributed by atoms with Gasteiger partial charge in [0, 0.05) is 11.4 Å². The van der Waals surface area contributed by atoms with E-state index in [2.05, 4.69) is 20.6 Å². The summed E-state index contributed by atoms with van der Waals surface area (Å²) >= 11 is 0. The largest absolute Gasteiger partial charge is 0.462 e. The summed E-state index contributed by atoms with van der Waals surface area (Å²) in [5.74, 6) is -0.321. The molecule has 0 aliphatic rings. The lowest BCUT2D eigenvalue weighted by Crippen LogP contribution is -2.07. The molecule has 0 amide bonds. The van der Waals surface area contributed by atoms with Crippen LogP contribution in [0.25, 0.3) is 0 Å². The summed E-state index contributed by atoms with van der Waals surface area (Å²) in [6.45, 7) is 5.85. The van der Waals surface area contributed by atoms with Crippen molar-refractivity contribution >= 4 is 34.7 Å². The number of aromatic nitrogens is 2. The number of nitro groups is 1. The molecule has 0 saturated carbocycles. The van der Waals surface area contributed by atoms with Gasteiger partial charge in [-0.3, -0.25) is 10.1 Å². The molecule has 2 aromatic carbocycles. The monoisotopic (exact) mass is 407 g/mol. The standard InChI is InChI=1S/C21H21N5O4/c1-4-30-21(27)15-7-9-16(10-8-15)24-19-18(26(28)29)20(23-12-22-19)25-17-11-13(2)5-6-14(17)3/h5-12H,4H2,1-3H3,(H2,22,23,24,25). The van der Waals surface area contributed by atoms with Gasteiger partial charge in [-0.15, -0.1) is 0 Å². The average Bonchev–Trinajstić information content (AvgIpc) is 2.71. The lowest BCUT2D eigenvalue weighted by atomic mass is 10.1. The molecule has 0 bridgehead atoms. The SMILES string of the molecule is CCOC(=O)c1ccc(Nc2ncnc(Nc3cc(C)ccc3C)c2[N+](=O)[O-])cc1. The Bertz CT molecular complexity index is 1080. The maximum absolute atomic E-state index is 11.8. The normalized spacial score (nSPS) is 10.4. The number of hydrogen-bond donors (Lipinski definition) is 2. The van der Waals surface area contributed by atoms with E-state index >= 15 is 0 Å². The van der Waals surface area contributed by atoms with Gasteiger partial charge < -0.3 is 15.4 Å². The summed E-state index contributed by atoms with van der Waals surface area (Å²) in [6, 6.07) is 12.2. The minimum absolute atomic E-state index is 0.0340. The van der Waals surface area contributed by atoms with E-state index in [9.17, 15) is 14.9 Å². The molecule has 0 radical (unpaired) electrons. The van der Waals surface area contributed by atoms with Crippen molar-refractivity contribution in [1.29, 1.82) is 0 Å². The van der Waals surface area contributed by atoms with Gasteiger partial charge in [0.25, 0.3) is 0 Å². The second-order valence-electron chi connectivity index (χ2n) is 6.54. The van der Waals surface area contributed by atoms with Crippen LogP contribution in [-0.4, -0.2) is 27.5 Å². The van der Waals surface area contributed by atoms with Crippen LogP contribution >= 0.6 is 0 Å². The van der Waals surface area contributed by atoms with Gasteiger partial charge >= 0.3 is 11.7 Å². The van der Waals surface area contributed by atoms with Crippen molar-refractivity contribution in [2.45, 2.75) is 20.8 Å². The van der Waals surface area contributed by atoms with E-state index in [1.165, 1.54) is 6.33 Å². The van der Waals surface area contributed by atoms with Gasteiger partial charge in [-0.1, -0.05) is 12.1 Å². The molecule has 0 aliphatic carbocycles. The Labute approximate surface area is 173 Å². The zero-order chi connectivity index (χ0) is 21.7. The first kappa shape index (κ1) is 20.7. The predicted molar refractivity (Wildman–Crippen MR) is 114 cm³/mol. The van der Waals surface area contributed by atoms with E-state index in [1.54, 1.807) is 31.2 Å². The Morgan fingerprint density at radius 2 is 1.73 bits per heavy atom. The van der Waals surface area contributed by atoms with Gasteiger partial charge in [0.05, 0.1) is 17.1 Å². The lowest BCUT2D eigenvalue weighted by molar-refractivity contribution is -0.383. The van der Waals surface area contributed by atoms with Gasteiger partial charge in [0.2, 0.25) is 11.6 Å². The van der Waals surface area contributed by atoms with Gasteiger partial charge in [-0.25, -0.2) is 14.8 Å². The molecule has 1 heterocycles. The number of hydrogen-bond acceptors (Lipinski definition) is 8. The van der Waals surface area contributed by atoms with E-state index in [1.807, 2.05) is 32.0 Å². The van der Waals surface area contributed by atoms with E-state index in [4.69, 9.17) is 4.74 Å². The Morgan fingerprint density at radius 1 is 1.07 bits per heavy atom. The van der Waals surface area contributed by atoms with Crippen LogP contribution in [0.2, 0.25) is 0 Å². The summed E-state index contributed by atoms with van der Waals surface area (Å²) < 4.78 is 4.95. The highest BCUT2D eigenvalue weighted by molar-refractivity contribution is 5.90. The smallest absolute Gasteiger partial charge is 0.353 e. The van der Waals surface area contributed by atoms with Crippen LogP contribution in [0, 0.1) is 24.0 Å². The number of carbonyl (C=O) groups is 1. The van der Waals surface area contributed by atoms with Gasteiger partial charge in [-0.2, -0.15) is 0 Å². The Balaban J connectivity index is 1.90. The summed E-state index contributed by atoms with van der Waals surface area (Å²) in [6.07, 6.45) is 1.25. The minimum atomic E-state index is -0.539. The highest BCUT2D eigenvalue weighted by Gasteiger charge is 2.24. The van der Waals surface area contributed by atoms with Crippen molar-refractivity contribution in [2.24, 2.45) is 0 Å². The molecule has 0 saturated heterocycles. The van der Waals surface area contributed by atoms with Crippen LogP contribution in [0.15, 0.2) is 48.8 Å². The molecule has 3 rings (SSSR count). The van der Waals surface area contributed by atoms with Crippen molar-refractivity contribution in [2.75, 3.05) is 17.2 Å². The van der Waals surface area contributed by atoms with Gasteiger partial charge in [-0.05, 0) is 62.2 Å². The number of ether oxygens (including phenoxy) is 1. The predicted octanol–water partition coefficient (Wildman–Crippen LogP) is 4.67. The molecule has 0 atom stereocenters. The fourth-order valence-electron chi connectivity index (χ4n) is 2.77. The topological polar surface area (TPSA) is 119 Å². The number of aryl methyl sites for hydroxylation is 2. The number of nitrogens with one attached hydrogen (secondary N) is 2. The molecule has 2 N–H and O–H groups in total. The number of nitrogens with zero attached hydrogens (tertiary/aromatic N) is 3. The van der Waals surface area contributed by atoms with E-state index in [0.717, 1.165) is 16.8 Å². The Hall–Kier alpha value is -4.01. The average molecular weight is 407 g/mol. The molecule has 9 nitrogen and oxygen atoms in total. The first-order valence-corrected chi connectivity index (χ1v) is 9.27. The molecule has 0 unspecified atom stereocenters. The molecular formula is C21H21N5O4. The maximum Gasteiger partial charge on any atom is 0.353 e. The zero-order valence-electron chi connectivity index (χ0n) is 16.8. The number of carbonyl (C=O) groups excluding carboxylic acids is 1. The zero-order valence-corrected chi connectivity index (χ0v) is 16.8. The molecule has 0 aliphatic heterocycles. The molecule has 0 spiro atoms.